The average Bonchev–Trinajstić information content (AvgIpc) is 3.36. The van der Waals surface area contributed by atoms with Gasteiger partial charge in [0, 0.05) is 24.5 Å². The molecule has 3 heterocycles. The molecule has 1 saturated carbocycles. The first-order valence-corrected chi connectivity index (χ1v) is 10.4. The Kier molecular flexibility index (Phi) is 4.54. The number of carbonyl (C=O) groups is 2. The molecule has 5 rings (SSSR count). The molecule has 0 atom stereocenters. The van der Waals surface area contributed by atoms with Gasteiger partial charge in [-0.05, 0) is 43.0 Å². The van der Waals surface area contributed by atoms with Crippen LogP contribution in [-0.4, -0.2) is 33.8 Å². The summed E-state index contributed by atoms with van der Waals surface area (Å²) in [6, 6.07) is 13.7. The zero-order valence-corrected chi connectivity index (χ0v) is 16.3. The molecule has 29 heavy (non-hydrogen) atoms. The van der Waals surface area contributed by atoms with Crippen LogP contribution in [0.2, 0.25) is 0 Å². The number of benzene rings is 1. The summed E-state index contributed by atoms with van der Waals surface area (Å²) in [4.78, 5) is 32.6. The maximum Gasteiger partial charge on any atom is 0.294 e. The van der Waals surface area contributed by atoms with Gasteiger partial charge in [-0.2, -0.15) is 0 Å². The molecule has 0 unspecified atom stereocenters. The van der Waals surface area contributed by atoms with E-state index in [1.165, 1.54) is 6.42 Å². The Balaban J connectivity index is 1.49. The summed E-state index contributed by atoms with van der Waals surface area (Å²) in [6.45, 7) is 0.629. The average molecular weight is 388 g/mol. The molecule has 2 aromatic heterocycles. The smallest absolute Gasteiger partial charge is 0.294 e. The SMILES string of the molecule is O=C(NC1CCCCC1)c1nc(C(=O)N2CCc3ccccc32)n2ccccc12. The first kappa shape index (κ1) is 17.9. The van der Waals surface area contributed by atoms with Gasteiger partial charge in [-0.25, -0.2) is 4.98 Å². The molecule has 0 radical (unpaired) electrons. The molecule has 1 aromatic carbocycles. The summed E-state index contributed by atoms with van der Waals surface area (Å²) in [6.07, 6.45) is 8.17. The number of anilines is 1. The van der Waals surface area contributed by atoms with E-state index in [0.717, 1.165) is 43.4 Å². The number of nitrogens with zero attached hydrogens (tertiary/aromatic N) is 3. The predicted octanol–water partition coefficient (Wildman–Crippen LogP) is 3.60. The number of hydrogen-bond donors (Lipinski definition) is 1. The minimum Gasteiger partial charge on any atom is -0.348 e. The van der Waals surface area contributed by atoms with Crippen molar-refractivity contribution < 1.29 is 9.59 Å². The van der Waals surface area contributed by atoms with E-state index in [-0.39, 0.29) is 23.7 Å². The van der Waals surface area contributed by atoms with Crippen LogP contribution in [0.4, 0.5) is 5.69 Å². The van der Waals surface area contributed by atoms with E-state index in [4.69, 9.17) is 0 Å². The van der Waals surface area contributed by atoms with Gasteiger partial charge in [-0.3, -0.25) is 14.0 Å². The molecule has 6 nitrogen and oxygen atoms in total. The highest BCUT2D eigenvalue weighted by Gasteiger charge is 2.30. The Morgan fingerprint density at radius 1 is 1.00 bits per heavy atom. The minimum atomic E-state index is -0.193. The van der Waals surface area contributed by atoms with Gasteiger partial charge in [0.05, 0.1) is 5.52 Å². The molecule has 0 saturated heterocycles. The topological polar surface area (TPSA) is 66.7 Å². The minimum absolute atomic E-state index is 0.173. The molecule has 1 aliphatic heterocycles. The fourth-order valence-corrected chi connectivity index (χ4v) is 4.53. The number of rotatable bonds is 3. The molecule has 2 amide bonds. The van der Waals surface area contributed by atoms with Crippen molar-refractivity contribution >= 4 is 23.0 Å². The lowest BCUT2D eigenvalue weighted by Crippen LogP contribution is -2.36. The lowest BCUT2D eigenvalue weighted by Gasteiger charge is -2.22. The van der Waals surface area contributed by atoms with Crippen molar-refractivity contribution in [3.8, 4) is 0 Å². The number of fused-ring (bicyclic) bond motifs is 2. The van der Waals surface area contributed by atoms with Gasteiger partial charge in [-0.15, -0.1) is 0 Å². The predicted molar refractivity (Wildman–Crippen MR) is 111 cm³/mol. The second-order valence-corrected chi connectivity index (χ2v) is 7.88. The number of amides is 2. The molecule has 2 aliphatic rings. The number of para-hydroxylation sites is 1. The zero-order valence-electron chi connectivity index (χ0n) is 16.3. The third kappa shape index (κ3) is 3.18. The van der Waals surface area contributed by atoms with Crippen molar-refractivity contribution in [1.29, 1.82) is 0 Å². The fourth-order valence-electron chi connectivity index (χ4n) is 4.53. The van der Waals surface area contributed by atoms with E-state index in [1.807, 2.05) is 36.4 Å². The standard InChI is InChI=1S/C23H24N4O2/c28-22(24-17-9-2-1-3-10-17)20-19-12-6-7-14-26(19)21(25-20)23(29)27-15-13-16-8-4-5-11-18(16)27/h4-8,11-12,14,17H,1-3,9-10,13,15H2,(H,24,28). The number of imidazole rings is 1. The Hall–Kier alpha value is -3.15. The summed E-state index contributed by atoms with van der Waals surface area (Å²) >= 11 is 0. The summed E-state index contributed by atoms with van der Waals surface area (Å²) < 4.78 is 1.74. The molecule has 0 spiro atoms. The molecule has 1 fully saturated rings. The Bertz CT molecular complexity index is 1080. The molecular formula is C23H24N4O2. The van der Waals surface area contributed by atoms with Gasteiger partial charge in [-0.1, -0.05) is 43.5 Å². The van der Waals surface area contributed by atoms with Gasteiger partial charge in [0.15, 0.2) is 5.69 Å². The van der Waals surface area contributed by atoms with Crippen LogP contribution in [0.1, 0.15) is 58.8 Å². The maximum atomic E-state index is 13.4. The number of aromatic nitrogens is 2. The molecular weight excluding hydrogens is 364 g/mol. The van der Waals surface area contributed by atoms with Crippen molar-refractivity contribution in [2.24, 2.45) is 0 Å². The van der Waals surface area contributed by atoms with Gasteiger partial charge in [0.25, 0.3) is 11.8 Å². The summed E-state index contributed by atoms with van der Waals surface area (Å²) in [5, 5.41) is 3.13. The van der Waals surface area contributed by atoms with Crippen LogP contribution in [0.5, 0.6) is 0 Å². The summed E-state index contributed by atoms with van der Waals surface area (Å²) in [5.41, 5.74) is 3.08. The van der Waals surface area contributed by atoms with E-state index in [0.29, 0.717) is 17.8 Å². The lowest BCUT2D eigenvalue weighted by molar-refractivity contribution is 0.0925. The van der Waals surface area contributed by atoms with Crippen molar-refractivity contribution in [1.82, 2.24) is 14.7 Å². The largest absolute Gasteiger partial charge is 0.348 e. The van der Waals surface area contributed by atoms with Crippen molar-refractivity contribution in [2.45, 2.75) is 44.6 Å². The molecule has 3 aromatic rings. The maximum absolute atomic E-state index is 13.4. The molecule has 148 valence electrons. The highest BCUT2D eigenvalue weighted by molar-refractivity contribution is 6.08. The van der Waals surface area contributed by atoms with Gasteiger partial charge < -0.3 is 10.2 Å². The highest BCUT2D eigenvalue weighted by atomic mass is 16.2. The van der Waals surface area contributed by atoms with Crippen LogP contribution in [0.25, 0.3) is 5.52 Å². The van der Waals surface area contributed by atoms with Gasteiger partial charge in [0.2, 0.25) is 5.82 Å². The summed E-state index contributed by atoms with van der Waals surface area (Å²) in [7, 11) is 0. The van der Waals surface area contributed by atoms with Crippen LogP contribution in [0, 0.1) is 0 Å². The van der Waals surface area contributed by atoms with Crippen molar-refractivity contribution in [3.05, 3.63) is 65.7 Å². The van der Waals surface area contributed by atoms with E-state index in [9.17, 15) is 9.59 Å². The van der Waals surface area contributed by atoms with Crippen LogP contribution in [0.15, 0.2) is 48.7 Å². The Labute approximate surface area is 169 Å². The first-order chi connectivity index (χ1) is 14.2. The third-order valence-corrected chi connectivity index (χ3v) is 6.03. The van der Waals surface area contributed by atoms with Crippen LogP contribution >= 0.6 is 0 Å². The number of pyridine rings is 1. The van der Waals surface area contributed by atoms with E-state index >= 15 is 0 Å². The summed E-state index contributed by atoms with van der Waals surface area (Å²) in [5.74, 6) is -0.0829. The third-order valence-electron chi connectivity index (χ3n) is 6.03. The van der Waals surface area contributed by atoms with Crippen molar-refractivity contribution in [3.63, 3.8) is 0 Å². The zero-order chi connectivity index (χ0) is 19.8. The number of hydrogen-bond acceptors (Lipinski definition) is 3. The normalized spacial score (nSPS) is 16.8. The second kappa shape index (κ2) is 7.35. The quantitative estimate of drug-likeness (QED) is 0.745. The molecule has 1 aliphatic carbocycles. The van der Waals surface area contributed by atoms with Gasteiger partial charge >= 0.3 is 0 Å². The molecule has 1 N–H and O–H groups in total. The van der Waals surface area contributed by atoms with Crippen LogP contribution in [0.3, 0.4) is 0 Å². The first-order valence-electron chi connectivity index (χ1n) is 10.4. The monoisotopic (exact) mass is 388 g/mol. The van der Waals surface area contributed by atoms with Crippen LogP contribution in [-0.2, 0) is 6.42 Å². The van der Waals surface area contributed by atoms with Crippen LogP contribution < -0.4 is 10.2 Å². The van der Waals surface area contributed by atoms with Gasteiger partial charge in [0.1, 0.15) is 0 Å². The van der Waals surface area contributed by atoms with E-state index in [2.05, 4.69) is 16.4 Å². The molecule has 0 bridgehead atoms. The molecule has 6 heteroatoms. The number of carbonyl (C=O) groups excluding carboxylic acids is 2. The fraction of sp³-hybridized carbons (Fsp3) is 0.348. The Morgan fingerprint density at radius 3 is 2.66 bits per heavy atom. The van der Waals surface area contributed by atoms with E-state index in [1.54, 1.807) is 15.5 Å². The number of nitrogens with one attached hydrogen (secondary N) is 1. The van der Waals surface area contributed by atoms with Crippen molar-refractivity contribution in [2.75, 3.05) is 11.4 Å². The second-order valence-electron chi connectivity index (χ2n) is 7.88. The highest BCUT2D eigenvalue weighted by Crippen LogP contribution is 2.29. The van der Waals surface area contributed by atoms with E-state index < -0.39 is 0 Å². The lowest BCUT2D eigenvalue weighted by atomic mass is 9.95. The Morgan fingerprint density at radius 2 is 1.79 bits per heavy atom.